The van der Waals surface area contributed by atoms with Crippen LogP contribution in [0.25, 0.3) is 0 Å². The zero-order chi connectivity index (χ0) is 16.8. The van der Waals surface area contributed by atoms with Crippen LogP contribution in [0.3, 0.4) is 0 Å². The van der Waals surface area contributed by atoms with Gasteiger partial charge in [-0.15, -0.1) is 0 Å². The Balaban J connectivity index is 2.42. The summed E-state index contributed by atoms with van der Waals surface area (Å²) in [6, 6.07) is 0. The van der Waals surface area contributed by atoms with E-state index in [1.165, 1.54) is 12.8 Å². The molecule has 0 aromatic heterocycles. The predicted octanol–water partition coefficient (Wildman–Crippen LogP) is 4.47. The van der Waals surface area contributed by atoms with E-state index in [9.17, 15) is 10.2 Å². The van der Waals surface area contributed by atoms with E-state index in [-0.39, 0.29) is 16.7 Å². The van der Waals surface area contributed by atoms with Gasteiger partial charge in [0, 0.05) is 0 Å². The molecular weight excluding hydrogens is 272 g/mol. The maximum Gasteiger partial charge on any atom is 0.0913 e. The zero-order valence-electron chi connectivity index (χ0n) is 15.0. The highest BCUT2D eigenvalue weighted by Gasteiger charge is 2.60. The fourth-order valence-electron chi connectivity index (χ4n) is 5.43. The number of allylic oxidation sites excluding steroid dienone is 3. The molecule has 0 bridgehead atoms. The molecular formula is C20H34O2. The molecule has 126 valence electrons. The van der Waals surface area contributed by atoms with Gasteiger partial charge in [0.2, 0.25) is 0 Å². The summed E-state index contributed by atoms with van der Waals surface area (Å²) < 4.78 is 0. The van der Waals surface area contributed by atoms with Gasteiger partial charge in [0.1, 0.15) is 0 Å². The van der Waals surface area contributed by atoms with E-state index in [2.05, 4.69) is 33.4 Å². The van der Waals surface area contributed by atoms with E-state index in [0.29, 0.717) is 5.92 Å². The summed E-state index contributed by atoms with van der Waals surface area (Å²) in [5.74, 6) is 0.551. The largest absolute Gasteiger partial charge is 0.390 e. The van der Waals surface area contributed by atoms with Gasteiger partial charge in [-0.25, -0.2) is 0 Å². The molecule has 2 aliphatic rings. The normalized spacial score (nSPS) is 45.2. The standard InChI is InChI=1S/C20H34O2/c1-7-14(2)9-10-15-19(5)12-8-11-18(3,4)16(19)13-17(21)20(15,6)22/h7,9,15-17,21-22H,1,8,10-13H2,2-6H3/t15-,16+,17?,19-,20+/m1/s1. The number of aliphatic hydroxyl groups is 2. The van der Waals surface area contributed by atoms with Crippen LogP contribution < -0.4 is 0 Å². The third-order valence-corrected chi connectivity index (χ3v) is 6.91. The quantitative estimate of drug-likeness (QED) is 0.755. The Hall–Kier alpha value is -0.600. The molecule has 0 spiro atoms. The van der Waals surface area contributed by atoms with Crippen LogP contribution in [0.2, 0.25) is 0 Å². The molecule has 2 rings (SSSR count). The van der Waals surface area contributed by atoms with Crippen molar-refractivity contribution in [1.82, 2.24) is 0 Å². The Morgan fingerprint density at radius 2 is 1.86 bits per heavy atom. The molecule has 0 heterocycles. The number of rotatable bonds is 3. The highest BCUT2D eigenvalue weighted by Crippen LogP contribution is 2.62. The average Bonchev–Trinajstić information content (AvgIpc) is 2.40. The summed E-state index contributed by atoms with van der Waals surface area (Å²) in [7, 11) is 0. The van der Waals surface area contributed by atoms with Crippen molar-refractivity contribution in [3.05, 3.63) is 24.3 Å². The van der Waals surface area contributed by atoms with Gasteiger partial charge in [0.05, 0.1) is 11.7 Å². The van der Waals surface area contributed by atoms with Gasteiger partial charge in [0.15, 0.2) is 0 Å². The van der Waals surface area contributed by atoms with E-state index < -0.39 is 11.7 Å². The van der Waals surface area contributed by atoms with Crippen LogP contribution in [0.4, 0.5) is 0 Å². The molecule has 2 N–H and O–H groups in total. The van der Waals surface area contributed by atoms with E-state index in [0.717, 1.165) is 24.8 Å². The van der Waals surface area contributed by atoms with E-state index in [1.807, 2.05) is 19.9 Å². The monoisotopic (exact) mass is 306 g/mol. The molecule has 0 aliphatic heterocycles. The van der Waals surface area contributed by atoms with Crippen LogP contribution in [-0.4, -0.2) is 21.9 Å². The lowest BCUT2D eigenvalue weighted by atomic mass is 9.44. The van der Waals surface area contributed by atoms with E-state index in [1.54, 1.807) is 0 Å². The first kappa shape index (κ1) is 17.7. The summed E-state index contributed by atoms with van der Waals surface area (Å²) in [5, 5.41) is 21.7. The van der Waals surface area contributed by atoms with E-state index >= 15 is 0 Å². The first-order valence-electron chi connectivity index (χ1n) is 8.75. The van der Waals surface area contributed by atoms with Gasteiger partial charge in [-0.1, -0.05) is 51.5 Å². The molecule has 1 unspecified atom stereocenters. The van der Waals surface area contributed by atoms with Crippen LogP contribution in [0, 0.1) is 22.7 Å². The molecule has 22 heavy (non-hydrogen) atoms. The van der Waals surface area contributed by atoms with Gasteiger partial charge in [-0.2, -0.15) is 0 Å². The summed E-state index contributed by atoms with van der Waals surface area (Å²) in [4.78, 5) is 0. The first-order valence-corrected chi connectivity index (χ1v) is 8.75. The Labute approximate surface area is 136 Å². The smallest absolute Gasteiger partial charge is 0.0913 e. The maximum atomic E-state index is 11.1. The zero-order valence-corrected chi connectivity index (χ0v) is 15.0. The van der Waals surface area contributed by atoms with Crippen molar-refractivity contribution in [1.29, 1.82) is 0 Å². The molecule has 5 atom stereocenters. The molecule has 2 nitrogen and oxygen atoms in total. The van der Waals surface area contributed by atoms with Gasteiger partial charge < -0.3 is 10.2 Å². The predicted molar refractivity (Wildman–Crippen MR) is 92.5 cm³/mol. The van der Waals surface area contributed by atoms with Gasteiger partial charge >= 0.3 is 0 Å². The Morgan fingerprint density at radius 1 is 1.23 bits per heavy atom. The van der Waals surface area contributed by atoms with Gasteiger partial charge in [0.25, 0.3) is 0 Å². The van der Waals surface area contributed by atoms with Crippen molar-refractivity contribution in [3.8, 4) is 0 Å². The molecule has 0 radical (unpaired) electrons. The third-order valence-electron chi connectivity index (χ3n) is 6.91. The minimum atomic E-state index is -1.02. The first-order chi connectivity index (χ1) is 10.1. The van der Waals surface area contributed by atoms with E-state index in [4.69, 9.17) is 0 Å². The second-order valence-electron chi connectivity index (χ2n) is 8.82. The number of hydrogen-bond acceptors (Lipinski definition) is 2. The summed E-state index contributed by atoms with van der Waals surface area (Å²) >= 11 is 0. The highest BCUT2D eigenvalue weighted by atomic mass is 16.3. The average molecular weight is 306 g/mol. The van der Waals surface area contributed by atoms with Crippen LogP contribution in [0.5, 0.6) is 0 Å². The Bertz CT molecular complexity index is 460. The molecule has 0 aromatic carbocycles. The highest BCUT2D eigenvalue weighted by molar-refractivity contribution is 5.17. The number of aliphatic hydroxyl groups excluding tert-OH is 1. The lowest BCUT2D eigenvalue weighted by Crippen LogP contribution is -2.63. The van der Waals surface area contributed by atoms with Gasteiger partial charge in [-0.3, -0.25) is 0 Å². The van der Waals surface area contributed by atoms with Crippen molar-refractivity contribution in [3.63, 3.8) is 0 Å². The summed E-state index contributed by atoms with van der Waals surface area (Å²) in [6.07, 6.45) is 8.51. The molecule has 0 saturated heterocycles. The van der Waals surface area contributed by atoms with Crippen molar-refractivity contribution >= 4 is 0 Å². The minimum absolute atomic E-state index is 0.0857. The van der Waals surface area contributed by atoms with Crippen LogP contribution in [0.1, 0.15) is 66.7 Å². The van der Waals surface area contributed by atoms with Crippen molar-refractivity contribution in [2.24, 2.45) is 22.7 Å². The molecule has 0 aromatic rings. The van der Waals surface area contributed by atoms with Crippen molar-refractivity contribution in [2.75, 3.05) is 0 Å². The van der Waals surface area contributed by atoms with Crippen LogP contribution >= 0.6 is 0 Å². The second kappa shape index (κ2) is 5.79. The Kier molecular flexibility index (Phi) is 4.68. The third kappa shape index (κ3) is 2.80. The van der Waals surface area contributed by atoms with Gasteiger partial charge in [-0.05, 0) is 62.2 Å². The fraction of sp³-hybridized carbons (Fsp3) is 0.800. The second-order valence-corrected chi connectivity index (χ2v) is 8.82. The van der Waals surface area contributed by atoms with Crippen molar-refractivity contribution in [2.45, 2.75) is 78.4 Å². The SMILES string of the molecule is C=CC(C)=CC[C@@H]1[C@@]2(C)CCCC(C)(C)[C@@H]2CC(O)[C@@]1(C)O. The molecule has 0 amide bonds. The summed E-state index contributed by atoms with van der Waals surface area (Å²) in [5.41, 5.74) is 0.449. The molecule has 2 aliphatic carbocycles. The molecule has 2 heteroatoms. The minimum Gasteiger partial charge on any atom is -0.390 e. The Morgan fingerprint density at radius 3 is 2.45 bits per heavy atom. The van der Waals surface area contributed by atoms with Crippen LogP contribution in [-0.2, 0) is 0 Å². The fourth-order valence-corrected chi connectivity index (χ4v) is 5.43. The molecule has 2 saturated carbocycles. The van der Waals surface area contributed by atoms with Crippen LogP contribution in [0.15, 0.2) is 24.3 Å². The topological polar surface area (TPSA) is 40.5 Å². The lowest BCUT2D eigenvalue weighted by Gasteiger charge is -2.62. The number of fused-ring (bicyclic) bond motifs is 1. The lowest BCUT2D eigenvalue weighted by molar-refractivity contribution is -0.217. The summed E-state index contributed by atoms with van der Waals surface area (Å²) in [6.45, 7) is 14.7. The van der Waals surface area contributed by atoms with Crippen molar-refractivity contribution < 1.29 is 10.2 Å². The number of hydrogen-bond donors (Lipinski definition) is 2. The molecule has 2 fully saturated rings. The maximum absolute atomic E-state index is 11.1.